The standard InChI is InChI=1S/C13H13N3O2S/c14-12(19)11-13(16-7-6-15-11)18-10-4-2-1-3-9(10)5-8-17/h1-4,6-7,17H,5,8H2,(H2,14,19). The van der Waals surface area contributed by atoms with E-state index >= 15 is 0 Å². The Morgan fingerprint density at radius 2 is 2.00 bits per heavy atom. The zero-order valence-corrected chi connectivity index (χ0v) is 10.9. The minimum absolute atomic E-state index is 0.0446. The van der Waals surface area contributed by atoms with Crippen molar-refractivity contribution in [1.29, 1.82) is 0 Å². The van der Waals surface area contributed by atoms with Gasteiger partial charge in [0.05, 0.1) is 0 Å². The Morgan fingerprint density at radius 1 is 1.26 bits per heavy atom. The van der Waals surface area contributed by atoms with Gasteiger partial charge in [-0.15, -0.1) is 0 Å². The summed E-state index contributed by atoms with van der Waals surface area (Å²) in [5, 5.41) is 9.03. The van der Waals surface area contributed by atoms with E-state index in [-0.39, 0.29) is 17.5 Å². The van der Waals surface area contributed by atoms with Crippen molar-refractivity contribution in [3.63, 3.8) is 0 Å². The van der Waals surface area contributed by atoms with Crippen LogP contribution in [0.1, 0.15) is 11.3 Å². The molecule has 2 aromatic rings. The molecule has 5 nitrogen and oxygen atoms in total. The van der Waals surface area contributed by atoms with Crippen LogP contribution >= 0.6 is 12.2 Å². The Kier molecular flexibility index (Phi) is 4.38. The molecule has 1 aromatic carbocycles. The summed E-state index contributed by atoms with van der Waals surface area (Å²) in [4.78, 5) is 8.26. The van der Waals surface area contributed by atoms with Crippen LogP contribution < -0.4 is 10.5 Å². The van der Waals surface area contributed by atoms with Crippen molar-refractivity contribution in [2.45, 2.75) is 6.42 Å². The van der Waals surface area contributed by atoms with Crippen LogP contribution in [0.2, 0.25) is 0 Å². The molecule has 0 fully saturated rings. The number of aliphatic hydroxyl groups excluding tert-OH is 1. The lowest BCUT2D eigenvalue weighted by molar-refractivity contribution is 0.297. The third-order valence-electron chi connectivity index (χ3n) is 2.46. The summed E-state index contributed by atoms with van der Waals surface area (Å²) in [7, 11) is 0. The SMILES string of the molecule is NC(=S)c1nccnc1Oc1ccccc1CCO. The van der Waals surface area contributed by atoms with E-state index in [0.717, 1.165) is 5.56 Å². The van der Waals surface area contributed by atoms with E-state index in [4.69, 9.17) is 27.8 Å². The summed E-state index contributed by atoms with van der Waals surface area (Å²) in [6.45, 7) is 0.0446. The molecule has 98 valence electrons. The number of para-hydroxylation sites is 1. The van der Waals surface area contributed by atoms with Crippen molar-refractivity contribution in [2.75, 3.05) is 6.61 Å². The monoisotopic (exact) mass is 275 g/mol. The van der Waals surface area contributed by atoms with E-state index in [1.54, 1.807) is 6.07 Å². The topological polar surface area (TPSA) is 81.3 Å². The summed E-state index contributed by atoms with van der Waals surface area (Å²) < 4.78 is 5.70. The zero-order chi connectivity index (χ0) is 13.7. The second kappa shape index (κ2) is 6.21. The van der Waals surface area contributed by atoms with Gasteiger partial charge < -0.3 is 15.6 Å². The number of rotatable bonds is 5. The van der Waals surface area contributed by atoms with Gasteiger partial charge in [-0.05, 0) is 18.1 Å². The van der Waals surface area contributed by atoms with Crippen LogP contribution in [-0.4, -0.2) is 26.7 Å². The highest BCUT2D eigenvalue weighted by atomic mass is 32.1. The Bertz CT molecular complexity index is 590. The fourth-order valence-electron chi connectivity index (χ4n) is 1.60. The highest BCUT2D eigenvalue weighted by molar-refractivity contribution is 7.80. The number of nitrogens with zero attached hydrogens (tertiary/aromatic N) is 2. The molecule has 0 unspecified atom stereocenters. The lowest BCUT2D eigenvalue weighted by atomic mass is 10.1. The number of aliphatic hydroxyl groups is 1. The molecule has 2 rings (SSSR count). The Morgan fingerprint density at radius 3 is 2.74 bits per heavy atom. The number of benzene rings is 1. The summed E-state index contributed by atoms with van der Waals surface area (Å²) in [6, 6.07) is 7.39. The predicted octanol–water partition coefficient (Wildman–Crippen LogP) is 1.44. The van der Waals surface area contributed by atoms with Gasteiger partial charge >= 0.3 is 0 Å². The lowest BCUT2D eigenvalue weighted by Gasteiger charge is -2.11. The van der Waals surface area contributed by atoms with Crippen LogP contribution in [-0.2, 0) is 6.42 Å². The third-order valence-corrected chi connectivity index (χ3v) is 2.65. The first-order valence-corrected chi connectivity index (χ1v) is 6.10. The molecule has 0 bridgehead atoms. The van der Waals surface area contributed by atoms with Crippen LogP contribution in [0.4, 0.5) is 0 Å². The normalized spacial score (nSPS) is 10.2. The highest BCUT2D eigenvalue weighted by Crippen LogP contribution is 2.25. The average Bonchev–Trinajstić information content (AvgIpc) is 2.42. The summed E-state index contributed by atoms with van der Waals surface area (Å²) in [5.74, 6) is 0.870. The summed E-state index contributed by atoms with van der Waals surface area (Å²) in [5.41, 5.74) is 6.80. The van der Waals surface area contributed by atoms with E-state index in [1.165, 1.54) is 12.4 Å². The van der Waals surface area contributed by atoms with Crippen molar-refractivity contribution >= 4 is 17.2 Å². The molecule has 0 radical (unpaired) electrons. The fourth-order valence-corrected chi connectivity index (χ4v) is 1.74. The molecule has 0 aliphatic rings. The molecule has 1 heterocycles. The molecule has 0 aliphatic heterocycles. The largest absolute Gasteiger partial charge is 0.437 e. The molecule has 19 heavy (non-hydrogen) atoms. The van der Waals surface area contributed by atoms with Crippen molar-refractivity contribution in [3.8, 4) is 11.6 Å². The van der Waals surface area contributed by atoms with Crippen LogP contribution in [0.15, 0.2) is 36.7 Å². The highest BCUT2D eigenvalue weighted by Gasteiger charge is 2.12. The van der Waals surface area contributed by atoms with Gasteiger partial charge in [0.15, 0.2) is 5.69 Å². The molecule has 0 aliphatic carbocycles. The van der Waals surface area contributed by atoms with Crippen molar-refractivity contribution in [3.05, 3.63) is 47.9 Å². The number of nitrogens with two attached hydrogens (primary N) is 1. The predicted molar refractivity (Wildman–Crippen MR) is 75.2 cm³/mol. The number of aromatic nitrogens is 2. The van der Waals surface area contributed by atoms with E-state index in [0.29, 0.717) is 17.9 Å². The zero-order valence-electron chi connectivity index (χ0n) is 10.1. The summed E-state index contributed by atoms with van der Waals surface area (Å²) >= 11 is 4.91. The van der Waals surface area contributed by atoms with Crippen LogP contribution in [0.3, 0.4) is 0 Å². The lowest BCUT2D eigenvalue weighted by Crippen LogP contribution is -2.13. The molecule has 0 saturated carbocycles. The van der Waals surface area contributed by atoms with Crippen molar-refractivity contribution < 1.29 is 9.84 Å². The Hall–Kier alpha value is -2.05. The van der Waals surface area contributed by atoms with Crippen molar-refractivity contribution in [1.82, 2.24) is 9.97 Å². The van der Waals surface area contributed by atoms with Crippen molar-refractivity contribution in [2.24, 2.45) is 5.73 Å². The maximum atomic E-state index is 9.03. The first-order valence-electron chi connectivity index (χ1n) is 5.70. The quantitative estimate of drug-likeness (QED) is 0.804. The molecule has 6 heteroatoms. The van der Waals surface area contributed by atoms with E-state index in [1.807, 2.05) is 18.2 Å². The third kappa shape index (κ3) is 3.24. The van der Waals surface area contributed by atoms with Crippen LogP contribution in [0.5, 0.6) is 11.6 Å². The van der Waals surface area contributed by atoms with E-state index < -0.39 is 0 Å². The van der Waals surface area contributed by atoms with Gasteiger partial charge in [-0.3, -0.25) is 0 Å². The van der Waals surface area contributed by atoms with E-state index in [2.05, 4.69) is 9.97 Å². The molecule has 0 atom stereocenters. The Labute approximate surface area is 116 Å². The number of hydrogen-bond donors (Lipinski definition) is 2. The molecular weight excluding hydrogens is 262 g/mol. The second-order valence-corrected chi connectivity index (χ2v) is 4.20. The average molecular weight is 275 g/mol. The van der Waals surface area contributed by atoms with Crippen LogP contribution in [0.25, 0.3) is 0 Å². The first-order chi connectivity index (χ1) is 9.22. The molecular formula is C13H13N3O2S. The summed E-state index contributed by atoms with van der Waals surface area (Å²) in [6.07, 6.45) is 3.51. The molecule has 0 amide bonds. The number of ether oxygens (including phenoxy) is 1. The molecule has 0 spiro atoms. The number of hydrogen-bond acceptors (Lipinski definition) is 5. The molecule has 0 saturated heterocycles. The van der Waals surface area contributed by atoms with Gasteiger partial charge in [-0.1, -0.05) is 30.4 Å². The molecule has 1 aromatic heterocycles. The minimum atomic E-state index is 0.0446. The van der Waals surface area contributed by atoms with Gasteiger partial charge in [-0.2, -0.15) is 0 Å². The smallest absolute Gasteiger partial charge is 0.248 e. The minimum Gasteiger partial charge on any atom is -0.437 e. The number of thiocarbonyl (C=S) groups is 1. The van der Waals surface area contributed by atoms with Gasteiger partial charge in [0, 0.05) is 19.0 Å². The second-order valence-electron chi connectivity index (χ2n) is 3.76. The molecule has 3 N–H and O–H groups in total. The van der Waals surface area contributed by atoms with Crippen LogP contribution in [0, 0.1) is 0 Å². The maximum absolute atomic E-state index is 9.03. The first kappa shape index (κ1) is 13.4. The maximum Gasteiger partial charge on any atom is 0.248 e. The van der Waals surface area contributed by atoms with Gasteiger partial charge in [0.25, 0.3) is 0 Å². The fraction of sp³-hybridized carbons (Fsp3) is 0.154. The van der Waals surface area contributed by atoms with E-state index in [9.17, 15) is 0 Å². The van der Waals surface area contributed by atoms with Gasteiger partial charge in [-0.25, -0.2) is 9.97 Å². The Balaban J connectivity index is 2.34. The van der Waals surface area contributed by atoms with Gasteiger partial charge in [0.2, 0.25) is 5.88 Å². The van der Waals surface area contributed by atoms with Gasteiger partial charge in [0.1, 0.15) is 10.7 Å².